The second kappa shape index (κ2) is 8.46. The molecule has 3 N–H and O–H groups in total. The van der Waals surface area contributed by atoms with E-state index in [2.05, 4.69) is 23.9 Å². The van der Waals surface area contributed by atoms with Crippen LogP contribution in [0.25, 0.3) is 0 Å². The summed E-state index contributed by atoms with van der Waals surface area (Å²) >= 11 is 0. The molecule has 0 aliphatic rings. The maximum Gasteiger partial charge on any atom is 0.337 e. The Hall–Kier alpha value is -1.71. The zero-order valence-corrected chi connectivity index (χ0v) is 12.7. The number of nitrogens with two attached hydrogens (primary N) is 1. The van der Waals surface area contributed by atoms with Crippen molar-refractivity contribution in [2.75, 3.05) is 24.7 Å². The van der Waals surface area contributed by atoms with Crippen LogP contribution < -0.4 is 11.1 Å². The molecule has 1 aromatic rings. The van der Waals surface area contributed by atoms with E-state index in [9.17, 15) is 4.79 Å². The van der Waals surface area contributed by atoms with Gasteiger partial charge in [0, 0.05) is 6.54 Å². The fourth-order valence-electron chi connectivity index (χ4n) is 2.17. The topological polar surface area (TPSA) is 64.3 Å². The number of nitrogen functional groups attached to an aromatic ring is 1. The van der Waals surface area contributed by atoms with Crippen molar-refractivity contribution in [1.29, 1.82) is 0 Å². The largest absolute Gasteiger partial charge is 0.465 e. The van der Waals surface area contributed by atoms with Crippen LogP contribution in [0, 0.1) is 5.92 Å². The molecule has 1 atom stereocenters. The van der Waals surface area contributed by atoms with Gasteiger partial charge in [-0.25, -0.2) is 4.79 Å². The first-order valence-corrected chi connectivity index (χ1v) is 7.34. The Morgan fingerprint density at radius 1 is 1.40 bits per heavy atom. The maximum absolute atomic E-state index is 11.4. The summed E-state index contributed by atoms with van der Waals surface area (Å²) in [7, 11) is 1.37. The quantitative estimate of drug-likeness (QED) is 0.562. The Bertz CT molecular complexity index is 432. The molecule has 0 saturated carbocycles. The molecule has 4 nitrogen and oxygen atoms in total. The van der Waals surface area contributed by atoms with Gasteiger partial charge in [0.25, 0.3) is 0 Å². The van der Waals surface area contributed by atoms with Crippen molar-refractivity contribution in [3.05, 3.63) is 23.8 Å². The number of unbranched alkanes of at least 4 members (excludes halogenated alkanes) is 1. The van der Waals surface area contributed by atoms with Gasteiger partial charge < -0.3 is 15.8 Å². The molecule has 0 amide bonds. The zero-order valence-electron chi connectivity index (χ0n) is 12.7. The third-order valence-corrected chi connectivity index (χ3v) is 3.60. The lowest BCUT2D eigenvalue weighted by atomic mass is 9.99. The van der Waals surface area contributed by atoms with Crippen molar-refractivity contribution < 1.29 is 9.53 Å². The molecule has 0 bridgehead atoms. The number of carbonyl (C=O) groups excluding carboxylic acids is 1. The highest BCUT2D eigenvalue weighted by Crippen LogP contribution is 2.22. The average molecular weight is 278 g/mol. The molecular weight excluding hydrogens is 252 g/mol. The second-order valence-corrected chi connectivity index (χ2v) is 5.09. The third kappa shape index (κ3) is 4.76. The van der Waals surface area contributed by atoms with Crippen molar-refractivity contribution >= 4 is 17.3 Å². The van der Waals surface area contributed by atoms with Crippen LogP contribution in [0.15, 0.2) is 18.2 Å². The summed E-state index contributed by atoms with van der Waals surface area (Å²) in [6, 6.07) is 5.23. The summed E-state index contributed by atoms with van der Waals surface area (Å²) in [6.45, 7) is 5.34. The van der Waals surface area contributed by atoms with E-state index < -0.39 is 0 Å². The number of benzene rings is 1. The van der Waals surface area contributed by atoms with E-state index in [1.165, 1.54) is 26.4 Å². The SMILES string of the molecule is CCCCC(CC)CNc1ccc(C(=O)OC)cc1N. The smallest absolute Gasteiger partial charge is 0.337 e. The molecule has 0 spiro atoms. The minimum absolute atomic E-state index is 0.363. The molecule has 0 aromatic heterocycles. The van der Waals surface area contributed by atoms with Gasteiger partial charge in [-0.2, -0.15) is 0 Å². The predicted octanol–water partition coefficient (Wildman–Crippen LogP) is 3.68. The first-order valence-electron chi connectivity index (χ1n) is 7.34. The Labute approximate surface area is 121 Å². The Balaban J connectivity index is 2.61. The van der Waals surface area contributed by atoms with Gasteiger partial charge in [0.15, 0.2) is 0 Å². The van der Waals surface area contributed by atoms with Crippen molar-refractivity contribution in [3.63, 3.8) is 0 Å². The highest BCUT2D eigenvalue weighted by molar-refractivity contribution is 5.91. The van der Waals surface area contributed by atoms with E-state index in [0.29, 0.717) is 17.2 Å². The summed E-state index contributed by atoms with van der Waals surface area (Å²) in [5.41, 5.74) is 7.92. The van der Waals surface area contributed by atoms with Gasteiger partial charge in [-0.15, -0.1) is 0 Å². The number of hydrogen-bond donors (Lipinski definition) is 2. The number of nitrogens with one attached hydrogen (secondary N) is 1. The molecule has 1 rings (SSSR count). The number of methoxy groups -OCH3 is 1. The molecule has 4 heteroatoms. The Kier molecular flexibility index (Phi) is 6.91. The van der Waals surface area contributed by atoms with Crippen LogP contribution in [0.5, 0.6) is 0 Å². The summed E-state index contributed by atoms with van der Waals surface area (Å²) in [4.78, 5) is 11.4. The fraction of sp³-hybridized carbons (Fsp3) is 0.562. The summed E-state index contributed by atoms with van der Waals surface area (Å²) in [5.74, 6) is 0.298. The Morgan fingerprint density at radius 2 is 2.15 bits per heavy atom. The fourth-order valence-corrected chi connectivity index (χ4v) is 2.17. The van der Waals surface area contributed by atoms with Gasteiger partial charge in [-0.1, -0.05) is 33.1 Å². The first kappa shape index (κ1) is 16.3. The van der Waals surface area contributed by atoms with Crippen LogP contribution in [-0.2, 0) is 4.74 Å². The molecule has 112 valence electrons. The molecule has 0 saturated heterocycles. The lowest BCUT2D eigenvalue weighted by Gasteiger charge is -2.17. The first-order chi connectivity index (χ1) is 9.62. The van der Waals surface area contributed by atoms with Gasteiger partial charge in [0.1, 0.15) is 0 Å². The molecule has 0 heterocycles. The molecule has 0 aliphatic carbocycles. The lowest BCUT2D eigenvalue weighted by molar-refractivity contribution is 0.0601. The van der Waals surface area contributed by atoms with Crippen LogP contribution in [0.3, 0.4) is 0 Å². The molecule has 0 aliphatic heterocycles. The average Bonchev–Trinajstić information content (AvgIpc) is 2.47. The zero-order chi connectivity index (χ0) is 15.0. The summed E-state index contributed by atoms with van der Waals surface area (Å²) in [5, 5.41) is 3.38. The molecule has 0 radical (unpaired) electrons. The van der Waals surface area contributed by atoms with E-state index in [4.69, 9.17) is 5.73 Å². The van der Waals surface area contributed by atoms with Crippen LogP contribution in [0.4, 0.5) is 11.4 Å². The summed E-state index contributed by atoms with van der Waals surface area (Å²) < 4.78 is 4.68. The number of carbonyl (C=O) groups is 1. The number of ether oxygens (including phenoxy) is 1. The van der Waals surface area contributed by atoms with Gasteiger partial charge in [-0.05, 0) is 30.5 Å². The highest BCUT2D eigenvalue weighted by Gasteiger charge is 2.10. The minimum Gasteiger partial charge on any atom is -0.465 e. The molecular formula is C16H26N2O2. The monoisotopic (exact) mass is 278 g/mol. The van der Waals surface area contributed by atoms with Gasteiger partial charge in [0.2, 0.25) is 0 Å². The predicted molar refractivity (Wildman–Crippen MR) is 84.0 cm³/mol. The number of esters is 1. The third-order valence-electron chi connectivity index (χ3n) is 3.60. The normalized spacial score (nSPS) is 11.9. The van der Waals surface area contributed by atoms with Gasteiger partial charge >= 0.3 is 5.97 Å². The molecule has 1 unspecified atom stereocenters. The van der Waals surface area contributed by atoms with Crippen LogP contribution in [0.2, 0.25) is 0 Å². The lowest BCUT2D eigenvalue weighted by Crippen LogP contribution is -2.15. The molecule has 20 heavy (non-hydrogen) atoms. The standard InChI is InChI=1S/C16H26N2O2/c1-4-6-7-12(5-2)11-18-15-9-8-13(10-14(15)17)16(19)20-3/h8-10,12,18H,4-7,11,17H2,1-3H3. The van der Waals surface area contributed by atoms with Crippen LogP contribution in [-0.4, -0.2) is 19.6 Å². The summed E-state index contributed by atoms with van der Waals surface area (Å²) in [6.07, 6.45) is 4.89. The number of anilines is 2. The van der Waals surface area contributed by atoms with E-state index >= 15 is 0 Å². The van der Waals surface area contributed by atoms with Gasteiger partial charge in [0.05, 0.1) is 24.0 Å². The van der Waals surface area contributed by atoms with Crippen molar-refractivity contribution in [3.8, 4) is 0 Å². The van der Waals surface area contributed by atoms with Crippen molar-refractivity contribution in [2.45, 2.75) is 39.5 Å². The second-order valence-electron chi connectivity index (χ2n) is 5.09. The van der Waals surface area contributed by atoms with Gasteiger partial charge in [-0.3, -0.25) is 0 Å². The number of hydrogen-bond acceptors (Lipinski definition) is 4. The molecule has 0 fully saturated rings. The van der Waals surface area contributed by atoms with E-state index in [1.54, 1.807) is 12.1 Å². The van der Waals surface area contributed by atoms with Crippen LogP contribution >= 0.6 is 0 Å². The maximum atomic E-state index is 11.4. The minimum atomic E-state index is -0.363. The van der Waals surface area contributed by atoms with Crippen LogP contribution in [0.1, 0.15) is 49.9 Å². The van der Waals surface area contributed by atoms with E-state index in [0.717, 1.165) is 18.7 Å². The highest BCUT2D eigenvalue weighted by atomic mass is 16.5. The number of rotatable bonds is 8. The van der Waals surface area contributed by atoms with E-state index in [1.807, 2.05) is 6.07 Å². The van der Waals surface area contributed by atoms with E-state index in [-0.39, 0.29) is 5.97 Å². The molecule has 1 aromatic carbocycles. The van der Waals surface area contributed by atoms with Crippen molar-refractivity contribution in [2.24, 2.45) is 5.92 Å². The van der Waals surface area contributed by atoms with Crippen molar-refractivity contribution in [1.82, 2.24) is 0 Å². The Morgan fingerprint density at radius 3 is 2.70 bits per heavy atom.